The quantitative estimate of drug-likeness (QED) is 0.376. The van der Waals surface area contributed by atoms with Crippen LogP contribution in [0.1, 0.15) is 19.8 Å². The summed E-state index contributed by atoms with van der Waals surface area (Å²) in [5.41, 5.74) is 1.27. The van der Waals surface area contributed by atoms with Crippen molar-refractivity contribution >= 4 is 21.7 Å². The summed E-state index contributed by atoms with van der Waals surface area (Å²) in [7, 11) is -3.16. The van der Waals surface area contributed by atoms with Gasteiger partial charge in [0.15, 0.2) is 5.96 Å². The number of rotatable bonds is 7. The molecule has 1 saturated heterocycles. The largest absolute Gasteiger partial charge is 0.371 e. The molecule has 0 saturated carbocycles. The molecule has 2 rings (SSSR count). The van der Waals surface area contributed by atoms with Gasteiger partial charge in [-0.05, 0) is 31.9 Å². The van der Waals surface area contributed by atoms with E-state index in [-0.39, 0.29) is 0 Å². The van der Waals surface area contributed by atoms with Crippen LogP contribution in [0.3, 0.4) is 0 Å². The van der Waals surface area contributed by atoms with Gasteiger partial charge >= 0.3 is 0 Å². The fourth-order valence-corrected chi connectivity index (χ4v) is 3.30. The molecule has 0 atom stereocenters. The summed E-state index contributed by atoms with van der Waals surface area (Å²) in [6.07, 6.45) is 3.24. The van der Waals surface area contributed by atoms with Gasteiger partial charge in [0.25, 0.3) is 0 Å². The highest BCUT2D eigenvalue weighted by atomic mass is 32.2. The van der Waals surface area contributed by atoms with E-state index >= 15 is 0 Å². The third-order valence-electron chi connectivity index (χ3n) is 4.05. The van der Waals surface area contributed by atoms with E-state index in [9.17, 15) is 8.42 Å². The molecule has 1 aromatic rings. The van der Waals surface area contributed by atoms with Crippen molar-refractivity contribution in [3.8, 4) is 0 Å². The fraction of sp³-hybridized carbons (Fsp3) is 0.588. The van der Waals surface area contributed by atoms with Crippen molar-refractivity contribution in [2.75, 3.05) is 43.9 Å². The van der Waals surface area contributed by atoms with Crippen LogP contribution in [0.25, 0.3) is 0 Å². The second-order valence-corrected chi connectivity index (χ2v) is 8.00. The van der Waals surface area contributed by atoms with Crippen LogP contribution in [0.5, 0.6) is 0 Å². The SMILES string of the molecule is CCNC(=NCCNS(C)(=O)=O)NC1CCN(c2ccccc2)CC1. The first-order valence-corrected chi connectivity index (χ1v) is 10.7. The first kappa shape index (κ1) is 19.5. The van der Waals surface area contributed by atoms with Crippen molar-refractivity contribution in [3.05, 3.63) is 30.3 Å². The predicted molar refractivity (Wildman–Crippen MR) is 104 cm³/mol. The maximum atomic E-state index is 11.1. The Bertz CT molecular complexity index is 640. The Balaban J connectivity index is 1.80. The van der Waals surface area contributed by atoms with Gasteiger partial charge in [-0.15, -0.1) is 0 Å². The van der Waals surface area contributed by atoms with Gasteiger partial charge < -0.3 is 15.5 Å². The van der Waals surface area contributed by atoms with Crippen LogP contribution >= 0.6 is 0 Å². The van der Waals surface area contributed by atoms with Crippen molar-refractivity contribution in [1.29, 1.82) is 0 Å². The zero-order valence-corrected chi connectivity index (χ0v) is 15.8. The highest BCUT2D eigenvalue weighted by molar-refractivity contribution is 7.88. The molecule has 1 heterocycles. The molecule has 8 heteroatoms. The molecule has 0 spiro atoms. The average molecular weight is 368 g/mol. The monoisotopic (exact) mass is 367 g/mol. The molecule has 0 aromatic heterocycles. The summed E-state index contributed by atoms with van der Waals surface area (Å²) in [5.74, 6) is 0.746. The van der Waals surface area contributed by atoms with Crippen LogP contribution in [-0.4, -0.2) is 59.4 Å². The van der Waals surface area contributed by atoms with Crippen molar-refractivity contribution in [1.82, 2.24) is 15.4 Å². The number of benzene rings is 1. The Morgan fingerprint density at radius 2 is 1.92 bits per heavy atom. The van der Waals surface area contributed by atoms with Gasteiger partial charge in [0.2, 0.25) is 10.0 Å². The van der Waals surface area contributed by atoms with Crippen molar-refractivity contribution in [2.24, 2.45) is 4.99 Å². The number of hydrogen-bond donors (Lipinski definition) is 3. The highest BCUT2D eigenvalue weighted by Crippen LogP contribution is 2.19. The minimum Gasteiger partial charge on any atom is -0.371 e. The van der Waals surface area contributed by atoms with E-state index in [2.05, 4.69) is 49.5 Å². The topological polar surface area (TPSA) is 85.8 Å². The second kappa shape index (κ2) is 9.62. The van der Waals surface area contributed by atoms with Gasteiger partial charge in [-0.2, -0.15) is 0 Å². The predicted octanol–water partition coefficient (Wildman–Crippen LogP) is 0.760. The van der Waals surface area contributed by atoms with Crippen LogP contribution in [0.4, 0.5) is 5.69 Å². The molecule has 25 heavy (non-hydrogen) atoms. The lowest BCUT2D eigenvalue weighted by Gasteiger charge is -2.34. The Morgan fingerprint density at radius 1 is 1.24 bits per heavy atom. The molecule has 0 radical (unpaired) electrons. The molecule has 7 nitrogen and oxygen atoms in total. The summed E-state index contributed by atoms with van der Waals surface area (Å²) >= 11 is 0. The molecule has 0 aliphatic carbocycles. The maximum Gasteiger partial charge on any atom is 0.208 e. The Hall–Kier alpha value is -1.80. The molecule has 1 aliphatic rings. The Kier molecular flexibility index (Phi) is 7.52. The van der Waals surface area contributed by atoms with Crippen LogP contribution in [0, 0.1) is 0 Å². The number of piperidine rings is 1. The van der Waals surface area contributed by atoms with E-state index in [0.717, 1.165) is 44.7 Å². The third-order valence-corrected chi connectivity index (χ3v) is 4.78. The molecule has 0 bridgehead atoms. The normalized spacial score (nSPS) is 16.7. The van der Waals surface area contributed by atoms with E-state index in [4.69, 9.17) is 0 Å². The first-order chi connectivity index (χ1) is 12.0. The maximum absolute atomic E-state index is 11.1. The first-order valence-electron chi connectivity index (χ1n) is 8.77. The van der Waals surface area contributed by atoms with Crippen LogP contribution in [0.15, 0.2) is 35.3 Å². The average Bonchev–Trinajstić information content (AvgIpc) is 2.59. The number of para-hydroxylation sites is 1. The van der Waals surface area contributed by atoms with Gasteiger partial charge in [0.05, 0.1) is 12.8 Å². The van der Waals surface area contributed by atoms with E-state index < -0.39 is 10.0 Å². The molecule has 1 fully saturated rings. The van der Waals surface area contributed by atoms with Crippen LogP contribution in [0.2, 0.25) is 0 Å². The van der Waals surface area contributed by atoms with E-state index in [1.54, 1.807) is 0 Å². The minimum atomic E-state index is -3.16. The Labute approximate surface area is 151 Å². The molecule has 0 unspecified atom stereocenters. The summed E-state index contributed by atoms with van der Waals surface area (Å²) in [6.45, 7) is 5.53. The third kappa shape index (κ3) is 7.31. The summed E-state index contributed by atoms with van der Waals surface area (Å²) in [4.78, 5) is 6.84. The zero-order valence-electron chi connectivity index (χ0n) is 15.0. The van der Waals surface area contributed by atoms with Crippen molar-refractivity contribution in [3.63, 3.8) is 0 Å². The van der Waals surface area contributed by atoms with E-state index in [0.29, 0.717) is 19.1 Å². The van der Waals surface area contributed by atoms with Gasteiger partial charge in [-0.3, -0.25) is 4.99 Å². The van der Waals surface area contributed by atoms with Gasteiger partial charge in [-0.25, -0.2) is 13.1 Å². The molecule has 140 valence electrons. The summed E-state index contributed by atoms with van der Waals surface area (Å²) in [6, 6.07) is 10.8. The number of nitrogens with one attached hydrogen (secondary N) is 3. The fourth-order valence-electron chi connectivity index (χ4n) is 2.83. The van der Waals surface area contributed by atoms with Gasteiger partial charge in [-0.1, -0.05) is 18.2 Å². The standard InChI is InChI=1S/C17H29N5O2S/c1-3-18-17(19-11-12-20-25(2,23)24)21-15-9-13-22(14-10-15)16-7-5-4-6-8-16/h4-8,15,20H,3,9-14H2,1-2H3,(H2,18,19,21). The number of nitrogens with zero attached hydrogens (tertiary/aromatic N) is 2. The molecule has 1 aromatic carbocycles. The number of hydrogen-bond acceptors (Lipinski definition) is 4. The van der Waals surface area contributed by atoms with E-state index in [1.165, 1.54) is 5.69 Å². The summed E-state index contributed by atoms with van der Waals surface area (Å²) in [5, 5.41) is 6.68. The highest BCUT2D eigenvalue weighted by Gasteiger charge is 2.20. The lowest BCUT2D eigenvalue weighted by atomic mass is 10.0. The Morgan fingerprint density at radius 3 is 2.52 bits per heavy atom. The van der Waals surface area contributed by atoms with Crippen LogP contribution < -0.4 is 20.3 Å². The van der Waals surface area contributed by atoms with Crippen molar-refractivity contribution < 1.29 is 8.42 Å². The number of anilines is 1. The number of guanidine groups is 1. The molecule has 1 aliphatic heterocycles. The second-order valence-electron chi connectivity index (χ2n) is 6.17. The van der Waals surface area contributed by atoms with Gasteiger partial charge in [0, 0.05) is 37.9 Å². The molecular formula is C17H29N5O2S. The lowest BCUT2D eigenvalue weighted by Crippen LogP contribution is -2.49. The molecule has 0 amide bonds. The lowest BCUT2D eigenvalue weighted by molar-refractivity contribution is 0.461. The zero-order chi connectivity index (χ0) is 18.1. The van der Waals surface area contributed by atoms with E-state index in [1.807, 2.05) is 13.0 Å². The number of aliphatic imine (C=N–C) groups is 1. The number of sulfonamides is 1. The minimum absolute atomic E-state index is 0.307. The summed E-state index contributed by atoms with van der Waals surface area (Å²) < 4.78 is 24.6. The van der Waals surface area contributed by atoms with Crippen LogP contribution in [-0.2, 0) is 10.0 Å². The van der Waals surface area contributed by atoms with Crippen molar-refractivity contribution in [2.45, 2.75) is 25.8 Å². The molecular weight excluding hydrogens is 338 g/mol. The smallest absolute Gasteiger partial charge is 0.208 e. The molecule has 3 N–H and O–H groups in total. The van der Waals surface area contributed by atoms with Gasteiger partial charge in [0.1, 0.15) is 0 Å².